The number of rotatable bonds is 4. The van der Waals surface area contributed by atoms with Crippen LogP contribution in [0.3, 0.4) is 0 Å². The third kappa shape index (κ3) is 2.59. The van der Waals surface area contributed by atoms with E-state index in [9.17, 15) is 0 Å². The maximum absolute atomic E-state index is 5.24. The van der Waals surface area contributed by atoms with Gasteiger partial charge in [0.05, 0.1) is 6.26 Å². The summed E-state index contributed by atoms with van der Waals surface area (Å²) in [5, 5.41) is 3.28. The number of nitrogens with one attached hydrogen (secondary N) is 1. The van der Waals surface area contributed by atoms with Crippen LogP contribution in [0.25, 0.3) is 0 Å². The monoisotopic (exact) mass is 202 g/mol. The fourth-order valence-electron chi connectivity index (χ4n) is 1.43. The SMILES string of the molecule is Cc1cccnc1NCCc1ccco1. The molecule has 15 heavy (non-hydrogen) atoms. The molecule has 3 nitrogen and oxygen atoms in total. The van der Waals surface area contributed by atoms with Gasteiger partial charge in [0.25, 0.3) is 0 Å². The van der Waals surface area contributed by atoms with Crippen LogP contribution in [0.5, 0.6) is 0 Å². The lowest BCUT2D eigenvalue weighted by Crippen LogP contribution is -2.06. The van der Waals surface area contributed by atoms with E-state index in [2.05, 4.69) is 10.3 Å². The summed E-state index contributed by atoms with van der Waals surface area (Å²) in [6, 6.07) is 7.86. The zero-order valence-corrected chi connectivity index (χ0v) is 8.73. The second kappa shape index (κ2) is 4.64. The molecule has 0 saturated heterocycles. The van der Waals surface area contributed by atoms with E-state index in [1.165, 1.54) is 0 Å². The van der Waals surface area contributed by atoms with Crippen molar-refractivity contribution in [1.82, 2.24) is 4.98 Å². The van der Waals surface area contributed by atoms with E-state index in [0.29, 0.717) is 0 Å². The normalized spacial score (nSPS) is 10.2. The van der Waals surface area contributed by atoms with Crippen molar-refractivity contribution in [2.24, 2.45) is 0 Å². The van der Waals surface area contributed by atoms with Crippen molar-refractivity contribution in [3.05, 3.63) is 48.0 Å². The maximum atomic E-state index is 5.24. The van der Waals surface area contributed by atoms with Crippen molar-refractivity contribution < 1.29 is 4.42 Å². The third-order valence-electron chi connectivity index (χ3n) is 2.25. The summed E-state index contributed by atoms with van der Waals surface area (Å²) in [5.41, 5.74) is 1.16. The Labute approximate surface area is 89.1 Å². The average Bonchev–Trinajstić information content (AvgIpc) is 2.74. The van der Waals surface area contributed by atoms with E-state index < -0.39 is 0 Å². The first-order valence-electron chi connectivity index (χ1n) is 5.04. The largest absolute Gasteiger partial charge is 0.469 e. The Bertz CT molecular complexity index is 409. The average molecular weight is 202 g/mol. The van der Waals surface area contributed by atoms with Crippen LogP contribution in [0, 0.1) is 6.92 Å². The Morgan fingerprint density at radius 3 is 3.00 bits per heavy atom. The van der Waals surface area contributed by atoms with Gasteiger partial charge in [0.2, 0.25) is 0 Å². The van der Waals surface area contributed by atoms with Crippen molar-refractivity contribution in [1.29, 1.82) is 0 Å². The molecule has 0 fully saturated rings. The summed E-state index contributed by atoms with van der Waals surface area (Å²) in [6.45, 7) is 2.88. The third-order valence-corrected chi connectivity index (χ3v) is 2.25. The Morgan fingerprint density at radius 1 is 1.33 bits per heavy atom. The minimum absolute atomic E-state index is 0.839. The van der Waals surface area contributed by atoms with Crippen LogP contribution in [0.2, 0.25) is 0 Å². The second-order valence-electron chi connectivity index (χ2n) is 3.43. The molecule has 0 bridgehead atoms. The highest BCUT2D eigenvalue weighted by atomic mass is 16.3. The van der Waals surface area contributed by atoms with Crippen LogP contribution < -0.4 is 5.32 Å². The van der Waals surface area contributed by atoms with Crippen LogP contribution in [-0.4, -0.2) is 11.5 Å². The summed E-state index contributed by atoms with van der Waals surface area (Å²) >= 11 is 0. The lowest BCUT2D eigenvalue weighted by atomic mass is 10.3. The summed E-state index contributed by atoms with van der Waals surface area (Å²) in [4.78, 5) is 4.26. The molecule has 2 heterocycles. The van der Waals surface area contributed by atoms with Gasteiger partial charge < -0.3 is 9.73 Å². The number of nitrogens with zero attached hydrogens (tertiary/aromatic N) is 1. The summed E-state index contributed by atoms with van der Waals surface area (Å²) < 4.78 is 5.24. The highest BCUT2D eigenvalue weighted by molar-refractivity contribution is 5.42. The Morgan fingerprint density at radius 2 is 2.27 bits per heavy atom. The lowest BCUT2D eigenvalue weighted by molar-refractivity contribution is 0.513. The van der Waals surface area contributed by atoms with E-state index in [1.54, 1.807) is 12.5 Å². The quantitative estimate of drug-likeness (QED) is 0.828. The molecule has 0 aromatic carbocycles. The number of aryl methyl sites for hydroxylation is 1. The van der Waals surface area contributed by atoms with E-state index in [0.717, 1.165) is 30.1 Å². The number of pyridine rings is 1. The van der Waals surface area contributed by atoms with E-state index in [1.807, 2.05) is 31.2 Å². The molecule has 2 aromatic heterocycles. The van der Waals surface area contributed by atoms with Gasteiger partial charge in [-0.05, 0) is 30.7 Å². The van der Waals surface area contributed by atoms with Crippen LogP contribution in [-0.2, 0) is 6.42 Å². The van der Waals surface area contributed by atoms with Crippen molar-refractivity contribution in [2.75, 3.05) is 11.9 Å². The predicted molar refractivity (Wildman–Crippen MR) is 59.9 cm³/mol. The van der Waals surface area contributed by atoms with Crippen LogP contribution in [0.15, 0.2) is 41.1 Å². The number of aromatic nitrogens is 1. The van der Waals surface area contributed by atoms with Gasteiger partial charge in [-0.25, -0.2) is 4.98 Å². The summed E-state index contributed by atoms with van der Waals surface area (Å²) in [7, 11) is 0. The number of hydrogen-bond donors (Lipinski definition) is 1. The molecule has 0 radical (unpaired) electrons. The van der Waals surface area contributed by atoms with Gasteiger partial charge in [0, 0.05) is 19.2 Å². The van der Waals surface area contributed by atoms with Gasteiger partial charge in [-0.1, -0.05) is 6.07 Å². The zero-order chi connectivity index (χ0) is 10.5. The van der Waals surface area contributed by atoms with Crippen molar-refractivity contribution in [3.63, 3.8) is 0 Å². The van der Waals surface area contributed by atoms with Crippen molar-refractivity contribution >= 4 is 5.82 Å². The van der Waals surface area contributed by atoms with Gasteiger partial charge in [0.1, 0.15) is 11.6 Å². The molecule has 0 aliphatic heterocycles. The van der Waals surface area contributed by atoms with Gasteiger partial charge in [-0.2, -0.15) is 0 Å². The highest BCUT2D eigenvalue weighted by Crippen LogP contribution is 2.09. The fourth-order valence-corrected chi connectivity index (χ4v) is 1.43. The molecule has 0 aliphatic rings. The molecule has 0 unspecified atom stereocenters. The van der Waals surface area contributed by atoms with E-state index >= 15 is 0 Å². The Hall–Kier alpha value is -1.77. The minimum atomic E-state index is 0.839. The summed E-state index contributed by atoms with van der Waals surface area (Å²) in [6.07, 6.45) is 4.37. The first-order chi connectivity index (χ1) is 7.36. The zero-order valence-electron chi connectivity index (χ0n) is 8.73. The molecular formula is C12H14N2O. The molecule has 2 aromatic rings. The number of furan rings is 1. The Balaban J connectivity index is 1.86. The van der Waals surface area contributed by atoms with Crippen LogP contribution in [0.4, 0.5) is 5.82 Å². The smallest absolute Gasteiger partial charge is 0.128 e. The minimum Gasteiger partial charge on any atom is -0.469 e. The Kier molecular flexibility index (Phi) is 3.02. The van der Waals surface area contributed by atoms with Gasteiger partial charge in [-0.15, -0.1) is 0 Å². The topological polar surface area (TPSA) is 38.1 Å². The fraction of sp³-hybridized carbons (Fsp3) is 0.250. The molecule has 2 rings (SSSR count). The maximum Gasteiger partial charge on any atom is 0.128 e. The molecule has 0 spiro atoms. The van der Waals surface area contributed by atoms with Crippen molar-refractivity contribution in [2.45, 2.75) is 13.3 Å². The van der Waals surface area contributed by atoms with Crippen molar-refractivity contribution in [3.8, 4) is 0 Å². The molecular weight excluding hydrogens is 188 g/mol. The summed E-state index contributed by atoms with van der Waals surface area (Å²) in [5.74, 6) is 1.94. The highest BCUT2D eigenvalue weighted by Gasteiger charge is 1.98. The van der Waals surface area contributed by atoms with Gasteiger partial charge in [-0.3, -0.25) is 0 Å². The first kappa shape index (κ1) is 9.77. The second-order valence-corrected chi connectivity index (χ2v) is 3.43. The van der Waals surface area contributed by atoms with Crippen LogP contribution >= 0.6 is 0 Å². The predicted octanol–water partition coefficient (Wildman–Crippen LogP) is 2.64. The molecule has 0 aliphatic carbocycles. The molecule has 3 heteroatoms. The first-order valence-corrected chi connectivity index (χ1v) is 5.04. The molecule has 0 saturated carbocycles. The molecule has 78 valence electrons. The van der Waals surface area contributed by atoms with Crippen LogP contribution in [0.1, 0.15) is 11.3 Å². The lowest BCUT2D eigenvalue weighted by Gasteiger charge is -2.06. The van der Waals surface area contributed by atoms with E-state index in [4.69, 9.17) is 4.42 Å². The molecule has 0 atom stereocenters. The molecule has 0 amide bonds. The standard InChI is InChI=1S/C12H14N2O/c1-10-4-2-7-13-12(10)14-8-6-11-5-3-9-15-11/h2-5,7,9H,6,8H2,1H3,(H,13,14). The van der Waals surface area contributed by atoms with Gasteiger partial charge in [0.15, 0.2) is 0 Å². The molecule has 1 N–H and O–H groups in total. The van der Waals surface area contributed by atoms with E-state index in [-0.39, 0.29) is 0 Å². The number of hydrogen-bond acceptors (Lipinski definition) is 3. The van der Waals surface area contributed by atoms with Gasteiger partial charge >= 0.3 is 0 Å². The number of anilines is 1.